The minimum Gasteiger partial charge on any atom is -0.504 e. The number of esters is 10. The summed E-state index contributed by atoms with van der Waals surface area (Å²) in [6.45, 7) is -3.12. The predicted molar refractivity (Wildman–Crippen MR) is 417 cm³/mol. The summed E-state index contributed by atoms with van der Waals surface area (Å²) in [7, 11) is 0. The number of phenols is 29. The van der Waals surface area contributed by atoms with Crippen LogP contribution < -0.4 is 4.74 Å². The summed E-state index contributed by atoms with van der Waals surface area (Å²) in [6, 6.07) is 7.19. The number of phenolic OH excluding ortho intramolecular Hbond substituents is 29. The first-order chi connectivity index (χ1) is 63.0. The number of benzene rings is 10. The third kappa shape index (κ3) is 19.2. The van der Waals surface area contributed by atoms with Gasteiger partial charge < -0.3 is 210 Å². The molecule has 2 aliphatic heterocycles. The number of aromatic hydroxyl groups is 29. The summed E-state index contributed by atoms with van der Waals surface area (Å²) < 4.78 is 73.8. The third-order valence-electron chi connectivity index (χ3n) is 19.2. The first-order valence-electron chi connectivity index (χ1n) is 36.8. The molecule has 52 heteroatoms. The highest BCUT2D eigenvalue weighted by molar-refractivity contribution is 5.99. The highest BCUT2D eigenvalue weighted by Gasteiger charge is 2.58. The lowest BCUT2D eigenvalue weighted by Crippen LogP contribution is -2.63. The average Bonchev–Trinajstić information content (AvgIpc) is 0.620. The Kier molecular flexibility index (Phi) is 26.0. The van der Waals surface area contributed by atoms with Crippen LogP contribution in [0.3, 0.4) is 0 Å². The normalized spacial score (nSPS) is 17.8. The van der Waals surface area contributed by atoms with E-state index in [0.29, 0.717) is 97.1 Å². The summed E-state index contributed by atoms with van der Waals surface area (Å²) in [5.74, 6) is -61.2. The Morgan fingerprint density at radius 1 is 0.201 bits per heavy atom. The van der Waals surface area contributed by atoms with Crippen LogP contribution in [0.15, 0.2) is 115 Å². The molecule has 0 bridgehead atoms. The topological polar surface area (TPSA) is 877 Å². The van der Waals surface area contributed by atoms with E-state index in [4.69, 9.17) is 61.6 Å². The summed E-state index contributed by atoms with van der Waals surface area (Å²) in [5.41, 5.74) is -10.8. The van der Waals surface area contributed by atoms with E-state index in [-0.39, 0.29) is 18.2 Å². The van der Waals surface area contributed by atoms with Crippen LogP contribution in [-0.4, -0.2) is 282 Å². The van der Waals surface area contributed by atoms with Gasteiger partial charge in [0.2, 0.25) is 42.0 Å². The summed E-state index contributed by atoms with van der Waals surface area (Å²) in [6.07, 6.45) is -28.6. The number of carbonyl (C=O) groups excluding carboxylic acids is 10. The maximum atomic E-state index is 15.4. The highest BCUT2D eigenvalue weighted by Crippen LogP contribution is 2.52. The summed E-state index contributed by atoms with van der Waals surface area (Å²) in [4.78, 5) is 145. The van der Waals surface area contributed by atoms with Crippen molar-refractivity contribution in [3.8, 4) is 178 Å². The lowest BCUT2D eigenvalue weighted by atomic mass is 9.97. The first-order valence-corrected chi connectivity index (χ1v) is 36.8. The Labute approximate surface area is 738 Å². The molecule has 2 aliphatic rings. The Hall–Kier alpha value is -19.2. The Balaban J connectivity index is 0.977. The van der Waals surface area contributed by atoms with Gasteiger partial charge in [-0.1, -0.05) is 0 Å². The molecular weight excluding hydrogens is 1820 g/mol. The molecule has 12 rings (SSSR count). The van der Waals surface area contributed by atoms with Gasteiger partial charge in [0.15, 0.2) is 185 Å². The van der Waals surface area contributed by atoms with Crippen LogP contribution in [0.4, 0.5) is 0 Å². The van der Waals surface area contributed by atoms with E-state index in [1.165, 1.54) is 0 Å². The van der Waals surface area contributed by atoms with E-state index in [0.717, 1.165) is 0 Å². The fourth-order valence-electron chi connectivity index (χ4n) is 12.6. The molecule has 0 aliphatic carbocycles. The van der Waals surface area contributed by atoms with Gasteiger partial charge in [0.05, 0.1) is 50.1 Å². The zero-order valence-corrected chi connectivity index (χ0v) is 66.0. The number of rotatable bonds is 24. The van der Waals surface area contributed by atoms with Crippen molar-refractivity contribution in [2.75, 3.05) is 13.2 Å². The van der Waals surface area contributed by atoms with Crippen LogP contribution in [0.5, 0.6) is 178 Å². The van der Waals surface area contributed by atoms with Gasteiger partial charge in [0.25, 0.3) is 0 Å². The van der Waals surface area contributed by atoms with Crippen molar-refractivity contribution in [2.45, 2.75) is 61.4 Å². The molecule has 52 nitrogen and oxygen atoms in total. The summed E-state index contributed by atoms with van der Waals surface area (Å²) >= 11 is 0. The van der Waals surface area contributed by atoms with Gasteiger partial charge in [-0.25, -0.2) is 47.9 Å². The molecule has 134 heavy (non-hydrogen) atoms. The number of ether oxygens (including phenoxy) is 13. The molecule has 0 amide bonds. The van der Waals surface area contributed by atoms with E-state index < -0.39 is 368 Å². The van der Waals surface area contributed by atoms with Gasteiger partial charge >= 0.3 is 59.7 Å². The van der Waals surface area contributed by atoms with Crippen molar-refractivity contribution in [1.82, 2.24) is 0 Å². The second kappa shape index (κ2) is 37.0. The molecule has 0 radical (unpaired) electrons. The predicted octanol–water partition coefficient (Wildman–Crippen LogP) is 3.77. The lowest BCUT2D eigenvalue weighted by molar-refractivity contribution is -0.283. The molecule has 0 saturated carbocycles. The van der Waals surface area contributed by atoms with Crippen molar-refractivity contribution in [2.24, 2.45) is 0 Å². The number of hydrogen-bond donors (Lipinski definition) is 29. The molecular formula is C82H62O52. The average molecular weight is 1880 g/mol. The molecule has 29 N–H and O–H groups in total. The van der Waals surface area contributed by atoms with Gasteiger partial charge in [-0.2, -0.15) is 0 Å². The maximum Gasteiger partial charge on any atom is 0.344 e. The largest absolute Gasteiger partial charge is 0.504 e. The van der Waals surface area contributed by atoms with E-state index in [1.54, 1.807) is 0 Å². The van der Waals surface area contributed by atoms with Crippen molar-refractivity contribution in [1.29, 1.82) is 0 Å². The molecule has 2 saturated heterocycles. The number of carbonyl (C=O) groups is 10. The third-order valence-corrected chi connectivity index (χ3v) is 19.2. The Morgan fingerprint density at radius 3 is 0.649 bits per heavy atom. The second-order valence-electron chi connectivity index (χ2n) is 28.1. The van der Waals surface area contributed by atoms with Crippen molar-refractivity contribution in [3.63, 3.8) is 0 Å². The minimum atomic E-state index is -3.11. The first kappa shape index (κ1) is 94.0. The molecule has 0 aromatic heterocycles. The zero-order chi connectivity index (χ0) is 98.3. The van der Waals surface area contributed by atoms with E-state index >= 15 is 9.59 Å². The molecule has 0 spiro atoms. The van der Waals surface area contributed by atoms with Gasteiger partial charge in [-0.05, 0) is 109 Å². The number of hydrogen-bond acceptors (Lipinski definition) is 52. The van der Waals surface area contributed by atoms with E-state index in [2.05, 4.69) is 0 Å². The minimum absolute atomic E-state index is 0.0951. The molecule has 10 aromatic rings. The van der Waals surface area contributed by atoms with Gasteiger partial charge in [0.1, 0.15) is 31.0 Å². The highest BCUT2D eigenvalue weighted by atomic mass is 16.8. The van der Waals surface area contributed by atoms with Crippen LogP contribution in [-0.2, 0) is 56.8 Å². The lowest BCUT2D eigenvalue weighted by Gasteiger charge is -2.44. The van der Waals surface area contributed by atoms with Crippen LogP contribution in [0.1, 0.15) is 104 Å². The Morgan fingerprint density at radius 2 is 0.396 bits per heavy atom. The molecule has 702 valence electrons. The van der Waals surface area contributed by atoms with Crippen molar-refractivity contribution in [3.05, 3.63) is 171 Å². The van der Waals surface area contributed by atoms with E-state index in [9.17, 15) is 186 Å². The van der Waals surface area contributed by atoms with Crippen molar-refractivity contribution < 1.29 is 258 Å². The second-order valence-corrected chi connectivity index (χ2v) is 28.1. The molecule has 2 fully saturated rings. The molecule has 10 aromatic carbocycles. The smallest absolute Gasteiger partial charge is 0.344 e. The van der Waals surface area contributed by atoms with Crippen LogP contribution in [0, 0.1) is 0 Å². The SMILES string of the molecule is O=C(OC[C@H]1O[C@@H](OC(=O)c2cc(O)c(O)c(Oc3c(C(=O)O[C@@H]4O[C@H](COC(=O)c5cc(O)c(O)c(O)c5)[C@@H](OC(=O)c5cc(O)c(O)c(O)c5)[C@H](OC(=O)c5cc(O)c(O)c(O)c5)[C@H]4OC(=O)c4cc(O)c(O)c(O)c4)cc(O)c(O)c3O)c2)[C@H](OC(=O)c2cc(O)c(O)c(O)c2)[C@@H](OC(=O)c2cc(O)c(O)c(O)c2)[C@@H]1OC(=O)c1cc(O)c(O)c(O)c1)c1cc(O)c(O)c(O)c1. The molecule has 0 unspecified atom stereocenters. The maximum absolute atomic E-state index is 15.4. The van der Waals surface area contributed by atoms with Gasteiger partial charge in [-0.15, -0.1) is 0 Å². The standard InChI is InChI=1S/C82H62O52/c83-32-1-22(2-33(84)53(32)101)71(112)122-20-51-65(127-73(114)24-5-36(87)55(103)37(88)6-24)67(129-75(116)26-9-40(91)57(105)41(92)10-26)69(131-77(118)28-13-44(95)59(107)45(96)14-28)81(125-51)133-79(120)30-17-48(99)61(109)50(18-30)124-64-31(19-49(100)62(110)63(64)111)80(121)134-82-70(132-78(119)29-15-46(97)60(108)47(98)16-29)68(130-76(117)27-11-42(93)58(106)43(94)12-27)66(128-74(115)25-7-38(89)56(104)39(90)8-25)52(126-82)21-123-72(113)23-3-34(85)54(102)35(86)4-23/h1-19,51-52,65-70,81-111H,20-21H2/t51-,52-,65-,66-,67+,68+,69-,70-,81+,82+/m1/s1. The summed E-state index contributed by atoms with van der Waals surface area (Å²) in [5, 5.41) is 306. The van der Waals surface area contributed by atoms with Gasteiger partial charge in [0, 0.05) is 6.07 Å². The quantitative estimate of drug-likeness (QED) is 0.0232. The van der Waals surface area contributed by atoms with Crippen LogP contribution in [0.2, 0.25) is 0 Å². The van der Waals surface area contributed by atoms with Crippen LogP contribution in [0.25, 0.3) is 0 Å². The zero-order valence-electron chi connectivity index (χ0n) is 66.0. The molecule has 10 atom stereocenters. The van der Waals surface area contributed by atoms with Crippen molar-refractivity contribution >= 4 is 59.7 Å². The van der Waals surface area contributed by atoms with Gasteiger partial charge in [-0.3, -0.25) is 0 Å². The van der Waals surface area contributed by atoms with Crippen LogP contribution >= 0.6 is 0 Å². The van der Waals surface area contributed by atoms with E-state index in [1.807, 2.05) is 0 Å². The fraction of sp³-hybridized carbons (Fsp3) is 0.146. The molecule has 2 heterocycles. The fourth-order valence-corrected chi connectivity index (χ4v) is 12.6. The monoisotopic (exact) mass is 1880 g/mol. The Bertz CT molecular complexity index is 6330.